The van der Waals surface area contributed by atoms with Crippen molar-refractivity contribution in [3.05, 3.63) is 63.6 Å². The first-order valence-corrected chi connectivity index (χ1v) is 11.4. The van der Waals surface area contributed by atoms with Crippen molar-refractivity contribution in [2.45, 2.75) is 24.8 Å². The van der Waals surface area contributed by atoms with Crippen molar-refractivity contribution in [2.75, 3.05) is 20.8 Å². The summed E-state index contributed by atoms with van der Waals surface area (Å²) in [4.78, 5) is 12.7. The molecule has 2 aromatic heterocycles. The summed E-state index contributed by atoms with van der Waals surface area (Å²) >= 11 is 1.53. The Labute approximate surface area is 179 Å². The van der Waals surface area contributed by atoms with Crippen LogP contribution in [0, 0.1) is 13.8 Å². The van der Waals surface area contributed by atoms with Crippen LogP contribution in [0.4, 0.5) is 0 Å². The van der Waals surface area contributed by atoms with Crippen LogP contribution in [0.2, 0.25) is 0 Å². The number of carbonyl (C=O) groups is 1. The van der Waals surface area contributed by atoms with E-state index < -0.39 is 16.0 Å². The number of hydrogen-bond acceptors (Lipinski definition) is 7. The van der Waals surface area contributed by atoms with Crippen LogP contribution < -0.4 is 9.46 Å². The van der Waals surface area contributed by atoms with Crippen LogP contribution in [0.15, 0.2) is 46.7 Å². The second-order valence-corrected chi connectivity index (χ2v) is 9.33. The third-order valence-corrected chi connectivity index (χ3v) is 6.97. The molecule has 1 aromatic carbocycles. The fourth-order valence-corrected chi connectivity index (χ4v) is 5.19. The quantitative estimate of drug-likeness (QED) is 0.531. The molecule has 0 saturated carbocycles. The average Bonchev–Trinajstić information content (AvgIpc) is 3.37. The predicted octanol–water partition coefficient (Wildman–Crippen LogP) is 2.92. The summed E-state index contributed by atoms with van der Waals surface area (Å²) in [6.07, 6.45) is 0. The number of aryl methyl sites for hydroxylation is 2. The Balaban J connectivity index is 1.94. The van der Waals surface area contributed by atoms with Crippen LogP contribution in [0.25, 0.3) is 0 Å². The molecule has 0 saturated heterocycles. The van der Waals surface area contributed by atoms with E-state index in [-0.39, 0.29) is 28.8 Å². The molecule has 30 heavy (non-hydrogen) atoms. The molecule has 0 amide bonds. The number of esters is 1. The lowest BCUT2D eigenvalue weighted by atomic mass is 10.2. The number of thiophene rings is 1. The number of ether oxygens (including phenoxy) is 2. The smallest absolute Gasteiger partial charge is 0.337 e. The summed E-state index contributed by atoms with van der Waals surface area (Å²) in [5.41, 5.74) is 1.90. The largest absolute Gasteiger partial charge is 0.495 e. The van der Waals surface area contributed by atoms with E-state index in [9.17, 15) is 13.2 Å². The van der Waals surface area contributed by atoms with E-state index >= 15 is 0 Å². The van der Waals surface area contributed by atoms with Crippen LogP contribution in [0.1, 0.15) is 32.7 Å². The van der Waals surface area contributed by atoms with Gasteiger partial charge in [-0.05, 0) is 49.6 Å². The van der Waals surface area contributed by atoms with Gasteiger partial charge in [0.2, 0.25) is 10.0 Å². The number of nitrogens with one attached hydrogen (secondary N) is 1. The molecule has 3 rings (SSSR count). The van der Waals surface area contributed by atoms with Crippen LogP contribution in [-0.4, -0.2) is 44.9 Å². The van der Waals surface area contributed by atoms with Gasteiger partial charge in [-0.1, -0.05) is 6.07 Å². The maximum Gasteiger partial charge on any atom is 0.337 e. The highest BCUT2D eigenvalue weighted by Crippen LogP contribution is 2.28. The molecule has 0 unspecified atom stereocenters. The van der Waals surface area contributed by atoms with Crippen molar-refractivity contribution in [3.8, 4) is 5.75 Å². The van der Waals surface area contributed by atoms with E-state index in [0.717, 1.165) is 16.3 Å². The van der Waals surface area contributed by atoms with Gasteiger partial charge < -0.3 is 9.47 Å². The molecule has 8 nitrogen and oxygen atoms in total. The van der Waals surface area contributed by atoms with Crippen LogP contribution in [0.5, 0.6) is 5.75 Å². The minimum absolute atomic E-state index is 0.0798. The SMILES string of the molecule is COC(=O)c1ccc(OC)c(S(=O)(=O)NC[C@@H](c2cccs2)n2nc(C)cc2C)c1. The van der Waals surface area contributed by atoms with Crippen LogP contribution in [0.3, 0.4) is 0 Å². The van der Waals surface area contributed by atoms with E-state index in [4.69, 9.17) is 9.47 Å². The van der Waals surface area contributed by atoms with Gasteiger partial charge in [0.25, 0.3) is 0 Å². The van der Waals surface area contributed by atoms with E-state index in [0.29, 0.717) is 0 Å². The molecule has 10 heteroatoms. The molecule has 0 fully saturated rings. The van der Waals surface area contributed by atoms with E-state index in [1.807, 2.05) is 42.1 Å². The van der Waals surface area contributed by atoms with Gasteiger partial charge in [-0.2, -0.15) is 5.10 Å². The molecule has 0 aliphatic carbocycles. The van der Waals surface area contributed by atoms with Gasteiger partial charge in [-0.25, -0.2) is 17.9 Å². The minimum atomic E-state index is -3.99. The number of rotatable bonds is 8. The first-order chi connectivity index (χ1) is 14.3. The Kier molecular flexibility index (Phi) is 6.59. The number of nitrogens with zero attached hydrogens (tertiary/aromatic N) is 2. The summed E-state index contributed by atoms with van der Waals surface area (Å²) in [5.74, 6) is -0.498. The number of benzene rings is 1. The fraction of sp³-hybridized carbons (Fsp3) is 0.300. The molecular weight excluding hydrogens is 426 g/mol. The summed E-state index contributed by atoms with van der Waals surface area (Å²) in [5, 5.41) is 6.46. The molecule has 1 N–H and O–H groups in total. The summed E-state index contributed by atoms with van der Waals surface area (Å²) < 4.78 is 40.5. The van der Waals surface area contributed by atoms with Crippen molar-refractivity contribution in [3.63, 3.8) is 0 Å². The molecule has 0 bridgehead atoms. The molecular formula is C20H23N3O5S2. The number of carbonyl (C=O) groups excluding carboxylic acids is 1. The number of aromatic nitrogens is 2. The van der Waals surface area contributed by atoms with Gasteiger partial charge in [-0.3, -0.25) is 4.68 Å². The molecule has 0 radical (unpaired) electrons. The first kappa shape index (κ1) is 22.0. The zero-order chi connectivity index (χ0) is 21.9. The van der Waals surface area contributed by atoms with Gasteiger partial charge in [0.05, 0.1) is 31.5 Å². The zero-order valence-electron chi connectivity index (χ0n) is 17.1. The molecule has 1 atom stereocenters. The monoisotopic (exact) mass is 449 g/mol. The highest BCUT2D eigenvalue weighted by atomic mass is 32.2. The van der Waals surface area contributed by atoms with Crippen molar-refractivity contribution < 1.29 is 22.7 Å². The minimum Gasteiger partial charge on any atom is -0.495 e. The lowest BCUT2D eigenvalue weighted by molar-refractivity contribution is 0.0600. The Morgan fingerprint density at radius 2 is 2.00 bits per heavy atom. The second-order valence-electron chi connectivity index (χ2n) is 6.61. The molecule has 2 heterocycles. The van der Waals surface area contributed by atoms with Gasteiger partial charge in [0.1, 0.15) is 10.6 Å². The standard InChI is InChI=1S/C20H23N3O5S2/c1-13-10-14(2)23(22-13)16(18-6-5-9-29-18)12-21-30(25,26)19-11-15(20(24)28-4)7-8-17(19)27-3/h5-11,16,21H,12H2,1-4H3/t16-/m0/s1. The summed E-state index contributed by atoms with van der Waals surface area (Å²) in [7, 11) is -1.38. The maximum absolute atomic E-state index is 13.1. The Morgan fingerprint density at radius 3 is 2.57 bits per heavy atom. The van der Waals surface area contributed by atoms with Crippen molar-refractivity contribution in [1.82, 2.24) is 14.5 Å². The van der Waals surface area contributed by atoms with Gasteiger partial charge in [0.15, 0.2) is 0 Å². The van der Waals surface area contributed by atoms with Gasteiger partial charge in [-0.15, -0.1) is 11.3 Å². The van der Waals surface area contributed by atoms with Crippen molar-refractivity contribution in [2.24, 2.45) is 0 Å². The Morgan fingerprint density at radius 1 is 1.23 bits per heavy atom. The molecule has 3 aromatic rings. The maximum atomic E-state index is 13.1. The first-order valence-electron chi connectivity index (χ1n) is 9.09. The summed E-state index contributed by atoms with van der Waals surface area (Å²) in [6, 6.07) is 9.61. The third kappa shape index (κ3) is 4.55. The Hall–Kier alpha value is -2.69. The number of hydrogen-bond donors (Lipinski definition) is 1. The van der Waals surface area contributed by atoms with Crippen LogP contribution in [-0.2, 0) is 14.8 Å². The lowest BCUT2D eigenvalue weighted by Gasteiger charge is -2.19. The summed E-state index contributed by atoms with van der Waals surface area (Å²) in [6.45, 7) is 3.90. The molecule has 0 spiro atoms. The van der Waals surface area contributed by atoms with E-state index in [2.05, 4.69) is 9.82 Å². The topological polar surface area (TPSA) is 99.5 Å². The fourth-order valence-electron chi connectivity index (χ4n) is 3.15. The van der Waals surface area contributed by atoms with Crippen molar-refractivity contribution >= 4 is 27.3 Å². The number of methoxy groups -OCH3 is 2. The Bertz CT molecular complexity index is 1140. The second kappa shape index (κ2) is 8.99. The van der Waals surface area contributed by atoms with Gasteiger partial charge >= 0.3 is 5.97 Å². The molecule has 160 valence electrons. The highest BCUT2D eigenvalue weighted by Gasteiger charge is 2.25. The van der Waals surface area contributed by atoms with E-state index in [1.54, 1.807) is 0 Å². The average molecular weight is 450 g/mol. The lowest BCUT2D eigenvalue weighted by Crippen LogP contribution is -2.32. The molecule has 0 aliphatic heterocycles. The van der Waals surface area contributed by atoms with Gasteiger partial charge in [0, 0.05) is 17.1 Å². The highest BCUT2D eigenvalue weighted by molar-refractivity contribution is 7.89. The number of sulfonamides is 1. The van der Waals surface area contributed by atoms with Crippen LogP contribution >= 0.6 is 11.3 Å². The molecule has 0 aliphatic rings. The predicted molar refractivity (Wildman–Crippen MR) is 114 cm³/mol. The van der Waals surface area contributed by atoms with Crippen molar-refractivity contribution in [1.29, 1.82) is 0 Å². The third-order valence-electron chi connectivity index (χ3n) is 4.55. The normalized spacial score (nSPS) is 12.5. The zero-order valence-corrected chi connectivity index (χ0v) is 18.7. The van der Waals surface area contributed by atoms with E-state index in [1.165, 1.54) is 43.8 Å².